The van der Waals surface area contributed by atoms with Crippen LogP contribution in [0.5, 0.6) is 0 Å². The van der Waals surface area contributed by atoms with Crippen LogP contribution in [0.1, 0.15) is 24.8 Å². The molecular formula is C7H9N2O. The van der Waals surface area contributed by atoms with E-state index in [0.717, 1.165) is 18.9 Å². The molecule has 0 N–H and O–H groups in total. The van der Waals surface area contributed by atoms with E-state index in [-0.39, 0.29) is 6.04 Å². The number of hydrogen-bond acceptors (Lipinski definition) is 2. The molecule has 3 heteroatoms. The van der Waals surface area contributed by atoms with E-state index >= 15 is 0 Å². The van der Waals surface area contributed by atoms with Gasteiger partial charge in [-0.25, -0.2) is 10.3 Å². The molecule has 0 saturated carbocycles. The molecule has 0 bridgehead atoms. The van der Waals surface area contributed by atoms with Crippen LogP contribution in [-0.4, -0.2) is 11.5 Å². The van der Waals surface area contributed by atoms with Crippen molar-refractivity contribution in [3.8, 4) is 0 Å². The minimum atomic E-state index is 0.245. The van der Waals surface area contributed by atoms with Crippen LogP contribution >= 0.6 is 0 Å². The van der Waals surface area contributed by atoms with Crippen molar-refractivity contribution in [3.63, 3.8) is 0 Å². The highest BCUT2D eigenvalue weighted by atomic mass is 16.3. The predicted octanol–water partition coefficient (Wildman–Crippen LogP) is 1.11. The Hall–Kier alpha value is -0.830. The Balaban J connectivity index is 2.12. The first-order chi connectivity index (χ1) is 4.97. The van der Waals surface area contributed by atoms with Gasteiger partial charge in [-0.1, -0.05) is 0 Å². The van der Waals surface area contributed by atoms with Crippen molar-refractivity contribution in [1.82, 2.24) is 10.3 Å². The molecule has 0 aliphatic carbocycles. The maximum atomic E-state index is 5.11. The second-order valence-corrected chi connectivity index (χ2v) is 2.43. The summed E-state index contributed by atoms with van der Waals surface area (Å²) in [7, 11) is 0. The van der Waals surface area contributed by atoms with E-state index in [1.165, 1.54) is 6.42 Å². The first-order valence-corrected chi connectivity index (χ1v) is 3.53. The molecule has 1 aromatic heterocycles. The molecular weight excluding hydrogens is 128 g/mol. The molecule has 0 unspecified atom stereocenters. The summed E-state index contributed by atoms with van der Waals surface area (Å²) < 4.78 is 5.11. The Kier molecular flexibility index (Phi) is 1.43. The van der Waals surface area contributed by atoms with Crippen molar-refractivity contribution < 1.29 is 4.42 Å². The molecule has 1 saturated heterocycles. The number of oxazole rings is 1. The topological polar surface area (TPSA) is 40.1 Å². The number of rotatable bonds is 1. The second-order valence-electron chi connectivity index (χ2n) is 2.43. The van der Waals surface area contributed by atoms with Gasteiger partial charge in [0.2, 0.25) is 5.89 Å². The minimum Gasteiger partial charge on any atom is -0.447 e. The zero-order valence-electron chi connectivity index (χ0n) is 5.66. The summed E-state index contributed by atoms with van der Waals surface area (Å²) in [6.45, 7) is 0.965. The summed E-state index contributed by atoms with van der Waals surface area (Å²) in [6.07, 6.45) is 5.54. The van der Waals surface area contributed by atoms with Crippen molar-refractivity contribution in [1.29, 1.82) is 0 Å². The van der Waals surface area contributed by atoms with Gasteiger partial charge in [-0.15, -0.1) is 0 Å². The van der Waals surface area contributed by atoms with Crippen molar-refractivity contribution in [2.45, 2.75) is 18.9 Å². The van der Waals surface area contributed by atoms with Gasteiger partial charge < -0.3 is 4.42 Å². The van der Waals surface area contributed by atoms with Crippen molar-refractivity contribution in [3.05, 3.63) is 18.4 Å². The smallest absolute Gasteiger partial charge is 0.212 e. The average Bonchev–Trinajstić information content (AvgIpc) is 2.59. The summed E-state index contributed by atoms with van der Waals surface area (Å²) in [6, 6.07) is 0.245. The zero-order valence-corrected chi connectivity index (χ0v) is 5.66. The third-order valence-electron chi connectivity index (χ3n) is 1.72. The van der Waals surface area contributed by atoms with E-state index < -0.39 is 0 Å². The molecule has 1 aromatic rings. The van der Waals surface area contributed by atoms with E-state index in [2.05, 4.69) is 10.3 Å². The third-order valence-corrected chi connectivity index (χ3v) is 1.72. The molecule has 0 spiro atoms. The molecule has 1 atom stereocenters. The summed E-state index contributed by atoms with van der Waals surface area (Å²) in [5.41, 5.74) is 0. The number of aromatic nitrogens is 1. The molecule has 1 fully saturated rings. The molecule has 1 aliphatic heterocycles. The standard InChI is InChI=1S/C7H9N2O/c1-2-6(8-3-1)7-9-4-5-10-7/h4-6H,1-3H2/t6-/m0/s1. The van der Waals surface area contributed by atoms with Crippen LogP contribution in [-0.2, 0) is 0 Å². The Morgan fingerprint density at radius 3 is 3.20 bits per heavy atom. The number of hydrogen-bond donors (Lipinski definition) is 0. The van der Waals surface area contributed by atoms with Crippen molar-refractivity contribution in [2.75, 3.05) is 6.54 Å². The van der Waals surface area contributed by atoms with Gasteiger partial charge >= 0.3 is 0 Å². The fourth-order valence-electron chi connectivity index (χ4n) is 1.22. The monoisotopic (exact) mass is 137 g/mol. The van der Waals surface area contributed by atoms with Gasteiger partial charge in [-0.3, -0.25) is 0 Å². The molecule has 2 heterocycles. The Labute approximate surface area is 59.4 Å². The van der Waals surface area contributed by atoms with Crippen molar-refractivity contribution >= 4 is 0 Å². The molecule has 0 aromatic carbocycles. The van der Waals surface area contributed by atoms with Crippen LogP contribution in [0.3, 0.4) is 0 Å². The zero-order chi connectivity index (χ0) is 6.81. The third kappa shape index (κ3) is 0.926. The summed E-state index contributed by atoms with van der Waals surface area (Å²) in [5.74, 6) is 0.775. The minimum absolute atomic E-state index is 0.245. The molecule has 53 valence electrons. The SMILES string of the molecule is c1coc([C@@H]2CCC[N]2)n1. The summed E-state index contributed by atoms with van der Waals surface area (Å²) >= 11 is 0. The van der Waals surface area contributed by atoms with Gasteiger partial charge in [-0.2, -0.15) is 0 Å². The average molecular weight is 137 g/mol. The highest BCUT2D eigenvalue weighted by molar-refractivity contribution is 4.92. The molecule has 10 heavy (non-hydrogen) atoms. The van der Waals surface area contributed by atoms with Gasteiger partial charge in [0, 0.05) is 6.54 Å². The lowest BCUT2D eigenvalue weighted by Crippen LogP contribution is -2.04. The maximum Gasteiger partial charge on any atom is 0.212 e. The highest BCUT2D eigenvalue weighted by Gasteiger charge is 2.20. The van der Waals surface area contributed by atoms with Gasteiger partial charge in [0.15, 0.2) is 0 Å². The van der Waals surface area contributed by atoms with Gasteiger partial charge in [0.25, 0.3) is 0 Å². The van der Waals surface area contributed by atoms with E-state index in [4.69, 9.17) is 4.42 Å². The maximum absolute atomic E-state index is 5.11. The number of nitrogens with zero attached hydrogens (tertiary/aromatic N) is 2. The largest absolute Gasteiger partial charge is 0.447 e. The Morgan fingerprint density at radius 1 is 1.60 bits per heavy atom. The van der Waals surface area contributed by atoms with Gasteiger partial charge in [0.05, 0.1) is 6.20 Å². The van der Waals surface area contributed by atoms with E-state index in [1.54, 1.807) is 12.5 Å². The predicted molar refractivity (Wildman–Crippen MR) is 35.5 cm³/mol. The Bertz CT molecular complexity index is 189. The van der Waals surface area contributed by atoms with Crippen LogP contribution in [0.25, 0.3) is 0 Å². The molecule has 0 amide bonds. The van der Waals surface area contributed by atoms with Crippen LogP contribution < -0.4 is 5.32 Å². The van der Waals surface area contributed by atoms with Gasteiger partial charge in [0.1, 0.15) is 12.3 Å². The lowest BCUT2D eigenvalue weighted by molar-refractivity contribution is 0.426. The fraction of sp³-hybridized carbons (Fsp3) is 0.571. The van der Waals surface area contributed by atoms with E-state index in [0.29, 0.717) is 0 Å². The molecule has 2 rings (SSSR count). The first-order valence-electron chi connectivity index (χ1n) is 3.53. The molecule has 3 nitrogen and oxygen atoms in total. The van der Waals surface area contributed by atoms with E-state index in [1.807, 2.05) is 0 Å². The van der Waals surface area contributed by atoms with Gasteiger partial charge in [-0.05, 0) is 12.8 Å². The fourth-order valence-corrected chi connectivity index (χ4v) is 1.22. The van der Waals surface area contributed by atoms with Crippen LogP contribution in [0, 0.1) is 0 Å². The van der Waals surface area contributed by atoms with Crippen LogP contribution in [0.4, 0.5) is 0 Å². The normalized spacial score (nSPS) is 25.4. The quantitative estimate of drug-likeness (QED) is 0.581. The first kappa shape index (κ1) is 5.92. The lowest BCUT2D eigenvalue weighted by Gasteiger charge is -2.00. The molecule has 1 aliphatic rings. The highest BCUT2D eigenvalue weighted by Crippen LogP contribution is 2.22. The Morgan fingerprint density at radius 2 is 2.60 bits per heavy atom. The lowest BCUT2D eigenvalue weighted by atomic mass is 10.2. The summed E-state index contributed by atoms with van der Waals surface area (Å²) in [4.78, 5) is 4.04. The molecule has 1 radical (unpaired) electrons. The summed E-state index contributed by atoms with van der Waals surface area (Å²) in [5, 5.41) is 4.32. The second kappa shape index (κ2) is 2.42. The van der Waals surface area contributed by atoms with Crippen molar-refractivity contribution in [2.24, 2.45) is 0 Å². The van der Waals surface area contributed by atoms with Crippen LogP contribution in [0.15, 0.2) is 16.9 Å². The van der Waals surface area contributed by atoms with Crippen LogP contribution in [0.2, 0.25) is 0 Å². The van der Waals surface area contributed by atoms with E-state index in [9.17, 15) is 0 Å².